The molecule has 4 bridgehead atoms. The normalized spacial score (nSPS) is 22.9. The second kappa shape index (κ2) is 9.33. The molecule has 10 aromatic rings. The fraction of sp³-hybridized carbons (Fsp3) is 0.240. The SMILES string of the molecule is O=C1c2cc3c(cc2C2CCC1CC2)c1c2c4ccccc4c4cccc5c6ccccc6c(c2c45)c2c4cc5c(cc4n3c12)C(=O)C1CCC5CC1. The van der Waals surface area contributed by atoms with Crippen molar-refractivity contribution in [2.24, 2.45) is 11.8 Å². The van der Waals surface area contributed by atoms with E-state index in [1.807, 2.05) is 0 Å². The van der Waals surface area contributed by atoms with Crippen LogP contribution in [0.4, 0.5) is 0 Å². The Morgan fingerprint density at radius 2 is 0.774 bits per heavy atom. The molecule has 6 aliphatic rings. The Morgan fingerprint density at radius 1 is 0.377 bits per heavy atom. The number of Topliss-reactive ketones (excluding diaryl/α,β-unsaturated/α-hetero) is 2. The fourth-order valence-corrected chi connectivity index (χ4v) is 12.6. The monoisotopic (exact) mass is 681 g/mol. The molecule has 0 N–H and O–H groups in total. The molecule has 0 saturated heterocycles. The summed E-state index contributed by atoms with van der Waals surface area (Å²) in [5.41, 5.74) is 7.87. The van der Waals surface area contributed by atoms with Crippen LogP contribution in [0.2, 0.25) is 0 Å². The summed E-state index contributed by atoms with van der Waals surface area (Å²) in [4.78, 5) is 28.6. The topological polar surface area (TPSA) is 38.5 Å². The summed E-state index contributed by atoms with van der Waals surface area (Å²) in [5.74, 6) is 1.79. The summed E-state index contributed by atoms with van der Waals surface area (Å²) in [6.07, 6.45) is 8.37. The van der Waals surface area contributed by atoms with Gasteiger partial charge in [-0.05, 0) is 136 Å². The molecule has 0 unspecified atom stereocenters. The van der Waals surface area contributed by atoms with Gasteiger partial charge in [0.25, 0.3) is 0 Å². The van der Waals surface area contributed by atoms with Crippen LogP contribution in [-0.2, 0) is 0 Å². The zero-order valence-electron chi connectivity index (χ0n) is 29.4. The highest BCUT2D eigenvalue weighted by molar-refractivity contribution is 6.51. The molecular formula is C50H35NO2. The van der Waals surface area contributed by atoms with E-state index in [0.29, 0.717) is 23.4 Å². The summed E-state index contributed by atoms with van der Waals surface area (Å²) in [5, 5.41) is 18.2. The molecule has 53 heavy (non-hydrogen) atoms. The lowest BCUT2D eigenvalue weighted by Crippen LogP contribution is -2.15. The second-order valence-electron chi connectivity index (χ2n) is 17.1. The van der Waals surface area contributed by atoms with Crippen molar-refractivity contribution in [1.29, 1.82) is 0 Å². The maximum atomic E-state index is 14.3. The van der Waals surface area contributed by atoms with Crippen LogP contribution in [0, 0.1) is 11.8 Å². The lowest BCUT2D eigenvalue weighted by atomic mass is 9.81. The first-order valence-corrected chi connectivity index (χ1v) is 20.0. The van der Waals surface area contributed by atoms with Gasteiger partial charge in [-0.1, -0.05) is 66.7 Å². The maximum absolute atomic E-state index is 14.3. The lowest BCUT2D eigenvalue weighted by molar-refractivity contribution is 0.0891. The number of hydrogen-bond donors (Lipinski definition) is 0. The zero-order valence-corrected chi connectivity index (χ0v) is 29.4. The van der Waals surface area contributed by atoms with Crippen molar-refractivity contribution in [3.8, 4) is 0 Å². The number of nitrogens with zero attached hydrogens (tertiary/aromatic N) is 1. The molecule has 6 aliphatic carbocycles. The molecule has 2 saturated carbocycles. The minimum Gasteiger partial charge on any atom is -0.308 e. The Kier molecular flexibility index (Phi) is 4.93. The number of benzene rings is 8. The number of fused-ring (bicyclic) bond motifs is 18. The standard InChI is InChI=1S/C50H35NO2/c52-49-26-16-12-24(13-17-26)34-20-38-40(22-36(34)49)51-41-23-37-35(25-14-18-27(19-15-25)50(37)53)21-39(41)46-44-33-9-4-2-7-29(33)31-11-5-10-30-28-6-1-3-8-32(28)43(45(38)48(46)51)47(44)42(30)31/h1-11,20-27H,12-19H2. The molecule has 252 valence electrons. The molecule has 0 radical (unpaired) electrons. The number of aromatic nitrogens is 1. The molecule has 2 aromatic heterocycles. The summed E-state index contributed by atoms with van der Waals surface area (Å²) in [6.45, 7) is 0. The van der Waals surface area contributed by atoms with Gasteiger partial charge in [0.2, 0.25) is 0 Å². The van der Waals surface area contributed by atoms with E-state index in [-0.39, 0.29) is 11.8 Å². The minimum absolute atomic E-state index is 0.131. The van der Waals surface area contributed by atoms with Gasteiger partial charge in [-0.2, -0.15) is 0 Å². The van der Waals surface area contributed by atoms with E-state index in [4.69, 9.17) is 0 Å². The van der Waals surface area contributed by atoms with Crippen LogP contribution in [0.3, 0.4) is 0 Å². The Morgan fingerprint density at radius 3 is 1.25 bits per heavy atom. The third kappa shape index (κ3) is 3.16. The molecule has 0 spiro atoms. The Bertz CT molecular complexity index is 3130. The molecule has 0 amide bonds. The zero-order chi connectivity index (χ0) is 34.4. The molecule has 0 aliphatic heterocycles. The van der Waals surface area contributed by atoms with Gasteiger partial charge in [0.15, 0.2) is 11.6 Å². The average Bonchev–Trinajstić information content (AvgIpc) is 3.53. The van der Waals surface area contributed by atoms with Crippen LogP contribution in [-0.4, -0.2) is 16.0 Å². The Hall–Kier alpha value is -5.54. The smallest absolute Gasteiger partial charge is 0.166 e. The summed E-state index contributed by atoms with van der Waals surface area (Å²) in [7, 11) is 0. The second-order valence-corrected chi connectivity index (χ2v) is 17.1. The lowest BCUT2D eigenvalue weighted by Gasteiger charge is -2.22. The van der Waals surface area contributed by atoms with Crippen LogP contribution >= 0.6 is 0 Å². The largest absolute Gasteiger partial charge is 0.308 e. The number of carbonyl (C=O) groups is 2. The van der Waals surface area contributed by atoms with Crippen molar-refractivity contribution in [3.05, 3.63) is 113 Å². The van der Waals surface area contributed by atoms with Gasteiger partial charge in [0.05, 0.1) is 16.6 Å². The summed E-state index contributed by atoms with van der Waals surface area (Å²) in [6, 6.07) is 34.4. The van der Waals surface area contributed by atoms with Gasteiger partial charge in [-0.25, -0.2) is 0 Å². The van der Waals surface area contributed by atoms with Gasteiger partial charge in [-0.3, -0.25) is 9.59 Å². The van der Waals surface area contributed by atoms with Gasteiger partial charge < -0.3 is 4.40 Å². The van der Waals surface area contributed by atoms with Crippen molar-refractivity contribution in [3.63, 3.8) is 0 Å². The number of carbonyl (C=O) groups excluding carboxylic acids is 2. The quantitative estimate of drug-likeness (QED) is 0.118. The minimum atomic E-state index is 0.131. The van der Waals surface area contributed by atoms with E-state index < -0.39 is 0 Å². The van der Waals surface area contributed by atoms with E-state index in [0.717, 1.165) is 73.5 Å². The van der Waals surface area contributed by atoms with E-state index >= 15 is 0 Å². The summed E-state index contributed by atoms with van der Waals surface area (Å²) >= 11 is 0. The first-order chi connectivity index (χ1) is 26.1. The van der Waals surface area contributed by atoms with Crippen molar-refractivity contribution < 1.29 is 9.59 Å². The molecule has 16 rings (SSSR count). The number of rotatable bonds is 0. The van der Waals surface area contributed by atoms with Crippen LogP contribution in [0.15, 0.2) is 91.0 Å². The highest BCUT2D eigenvalue weighted by Gasteiger charge is 2.39. The molecule has 3 nitrogen and oxygen atoms in total. The Labute approximate surface area is 304 Å². The predicted octanol–water partition coefficient (Wildman–Crippen LogP) is 13.0. The first-order valence-electron chi connectivity index (χ1n) is 20.0. The van der Waals surface area contributed by atoms with Crippen LogP contribution < -0.4 is 0 Å². The van der Waals surface area contributed by atoms with Gasteiger partial charge in [0.1, 0.15) is 0 Å². The van der Waals surface area contributed by atoms with E-state index in [2.05, 4.69) is 95.4 Å². The van der Waals surface area contributed by atoms with Gasteiger partial charge >= 0.3 is 0 Å². The van der Waals surface area contributed by atoms with E-state index in [9.17, 15) is 9.59 Å². The third-order valence-corrected chi connectivity index (χ3v) is 14.9. The highest BCUT2D eigenvalue weighted by Crippen LogP contribution is 2.56. The van der Waals surface area contributed by atoms with Crippen LogP contribution in [0.1, 0.15) is 95.0 Å². The van der Waals surface area contributed by atoms with E-state index in [1.54, 1.807) is 0 Å². The number of ketones is 2. The average molecular weight is 682 g/mol. The highest BCUT2D eigenvalue weighted by atomic mass is 16.1. The van der Waals surface area contributed by atoms with Crippen LogP contribution in [0.25, 0.3) is 92.0 Å². The van der Waals surface area contributed by atoms with E-state index in [1.165, 1.54) is 92.1 Å². The van der Waals surface area contributed by atoms with Crippen molar-refractivity contribution >= 4 is 104 Å². The summed E-state index contributed by atoms with van der Waals surface area (Å²) < 4.78 is 2.49. The maximum Gasteiger partial charge on any atom is 0.166 e. The van der Waals surface area contributed by atoms with Gasteiger partial charge in [-0.15, -0.1) is 0 Å². The van der Waals surface area contributed by atoms with Crippen molar-refractivity contribution in [2.45, 2.75) is 63.2 Å². The molecule has 8 aromatic carbocycles. The van der Waals surface area contributed by atoms with Crippen molar-refractivity contribution in [1.82, 2.24) is 4.40 Å². The first kappa shape index (κ1) is 28.0. The fourth-order valence-electron chi connectivity index (χ4n) is 12.6. The Balaban J connectivity index is 1.33. The molecule has 2 fully saturated rings. The molecular weight excluding hydrogens is 647 g/mol. The third-order valence-electron chi connectivity index (χ3n) is 14.9. The molecule has 2 heterocycles. The number of hydrogen-bond acceptors (Lipinski definition) is 2. The molecule has 0 atom stereocenters. The predicted molar refractivity (Wildman–Crippen MR) is 218 cm³/mol. The van der Waals surface area contributed by atoms with Gasteiger partial charge in [0, 0.05) is 60.7 Å². The molecule has 3 heteroatoms. The van der Waals surface area contributed by atoms with Crippen LogP contribution in [0.5, 0.6) is 0 Å². The van der Waals surface area contributed by atoms with Crippen molar-refractivity contribution in [2.75, 3.05) is 0 Å².